The predicted octanol–water partition coefficient (Wildman–Crippen LogP) is 2.46. The van der Waals surface area contributed by atoms with Crippen LogP contribution >= 0.6 is 11.3 Å². The molecule has 0 bridgehead atoms. The SMILES string of the molecule is COc1ccc(-c2nc(C(=O)O)cs2)cc1OCCN(C)C. The molecule has 2 rings (SSSR count). The molecule has 0 atom stereocenters. The summed E-state index contributed by atoms with van der Waals surface area (Å²) in [6.07, 6.45) is 0. The van der Waals surface area contributed by atoms with E-state index in [4.69, 9.17) is 14.6 Å². The molecule has 0 aliphatic carbocycles. The minimum atomic E-state index is -1.03. The molecule has 7 heteroatoms. The summed E-state index contributed by atoms with van der Waals surface area (Å²) in [6, 6.07) is 5.45. The zero-order valence-corrected chi connectivity index (χ0v) is 13.5. The van der Waals surface area contributed by atoms with Gasteiger partial charge in [0.2, 0.25) is 0 Å². The van der Waals surface area contributed by atoms with Gasteiger partial charge >= 0.3 is 5.97 Å². The lowest BCUT2D eigenvalue weighted by Crippen LogP contribution is -2.19. The van der Waals surface area contributed by atoms with Gasteiger partial charge in [-0.25, -0.2) is 9.78 Å². The lowest BCUT2D eigenvalue weighted by Gasteiger charge is -2.14. The number of rotatable bonds is 7. The zero-order valence-electron chi connectivity index (χ0n) is 12.7. The first kappa shape index (κ1) is 16.3. The van der Waals surface area contributed by atoms with E-state index in [0.29, 0.717) is 23.1 Å². The van der Waals surface area contributed by atoms with Gasteiger partial charge in [-0.1, -0.05) is 0 Å². The van der Waals surface area contributed by atoms with E-state index in [-0.39, 0.29) is 5.69 Å². The summed E-state index contributed by atoms with van der Waals surface area (Å²) in [6.45, 7) is 1.32. The zero-order chi connectivity index (χ0) is 16.1. The molecule has 0 saturated heterocycles. The normalized spacial score (nSPS) is 10.7. The number of hydrogen-bond acceptors (Lipinski definition) is 6. The average molecular weight is 322 g/mol. The number of likely N-dealkylation sites (N-methyl/N-ethyl adjacent to an activating group) is 1. The van der Waals surface area contributed by atoms with Crippen molar-refractivity contribution in [2.24, 2.45) is 0 Å². The Balaban J connectivity index is 2.23. The lowest BCUT2D eigenvalue weighted by molar-refractivity contribution is 0.0691. The summed E-state index contributed by atoms with van der Waals surface area (Å²) in [7, 11) is 5.53. The fourth-order valence-corrected chi connectivity index (χ4v) is 2.56. The van der Waals surface area contributed by atoms with Crippen LogP contribution in [0.5, 0.6) is 11.5 Å². The van der Waals surface area contributed by atoms with Crippen LogP contribution in [-0.4, -0.2) is 55.3 Å². The van der Waals surface area contributed by atoms with Crippen LogP contribution < -0.4 is 9.47 Å². The number of nitrogens with zero attached hydrogens (tertiary/aromatic N) is 2. The molecule has 0 unspecified atom stereocenters. The number of carboxylic acids is 1. The van der Waals surface area contributed by atoms with Crippen LogP contribution in [0.25, 0.3) is 10.6 Å². The van der Waals surface area contributed by atoms with Gasteiger partial charge < -0.3 is 19.5 Å². The van der Waals surface area contributed by atoms with E-state index >= 15 is 0 Å². The highest BCUT2D eigenvalue weighted by Crippen LogP contribution is 2.33. The minimum Gasteiger partial charge on any atom is -0.493 e. The number of methoxy groups -OCH3 is 1. The smallest absolute Gasteiger partial charge is 0.355 e. The van der Waals surface area contributed by atoms with Crippen molar-refractivity contribution in [1.82, 2.24) is 9.88 Å². The molecule has 2 aromatic rings. The van der Waals surface area contributed by atoms with E-state index in [1.165, 1.54) is 16.7 Å². The molecular formula is C15H18N2O4S. The molecule has 0 aliphatic rings. The average Bonchev–Trinajstić information content (AvgIpc) is 2.97. The molecule has 6 nitrogen and oxygen atoms in total. The van der Waals surface area contributed by atoms with Crippen LogP contribution in [-0.2, 0) is 0 Å². The van der Waals surface area contributed by atoms with E-state index in [1.54, 1.807) is 13.2 Å². The number of thiazole rings is 1. The van der Waals surface area contributed by atoms with Gasteiger partial charge in [0.25, 0.3) is 0 Å². The number of ether oxygens (including phenoxy) is 2. The quantitative estimate of drug-likeness (QED) is 0.844. The summed E-state index contributed by atoms with van der Waals surface area (Å²) in [4.78, 5) is 17.0. The molecule has 0 saturated carbocycles. The van der Waals surface area contributed by atoms with Gasteiger partial charge in [0, 0.05) is 17.5 Å². The Morgan fingerprint density at radius 3 is 2.73 bits per heavy atom. The molecule has 0 spiro atoms. The van der Waals surface area contributed by atoms with Gasteiger partial charge in [-0.2, -0.15) is 0 Å². The Kier molecular flexibility index (Phi) is 5.35. The Morgan fingerprint density at radius 1 is 1.36 bits per heavy atom. The predicted molar refractivity (Wildman–Crippen MR) is 85.1 cm³/mol. The van der Waals surface area contributed by atoms with Crippen LogP contribution in [0.1, 0.15) is 10.5 Å². The second kappa shape index (κ2) is 7.24. The van der Waals surface area contributed by atoms with Crippen LogP contribution in [0.4, 0.5) is 0 Å². The van der Waals surface area contributed by atoms with Gasteiger partial charge in [-0.15, -0.1) is 11.3 Å². The summed E-state index contributed by atoms with van der Waals surface area (Å²) >= 11 is 1.29. The van der Waals surface area contributed by atoms with Crippen molar-refractivity contribution < 1.29 is 19.4 Å². The number of aromatic carboxylic acids is 1. The van der Waals surface area contributed by atoms with Crippen LogP contribution in [0, 0.1) is 0 Å². The Morgan fingerprint density at radius 2 is 2.14 bits per heavy atom. The summed E-state index contributed by atoms with van der Waals surface area (Å²) in [5.41, 5.74) is 0.851. The number of hydrogen-bond donors (Lipinski definition) is 1. The monoisotopic (exact) mass is 322 g/mol. The highest BCUT2D eigenvalue weighted by atomic mass is 32.1. The summed E-state index contributed by atoms with van der Waals surface area (Å²) in [5.74, 6) is 0.227. The maximum Gasteiger partial charge on any atom is 0.355 e. The molecule has 118 valence electrons. The molecular weight excluding hydrogens is 304 g/mol. The molecule has 1 aromatic carbocycles. The molecule has 1 aromatic heterocycles. The standard InChI is InChI=1S/C15H18N2O4S/c1-17(2)6-7-21-13-8-10(4-5-12(13)20-3)14-16-11(9-22-14)15(18)19/h4-5,8-9H,6-7H2,1-3H3,(H,18,19). The van der Waals surface area contributed by atoms with Crippen LogP contribution in [0.15, 0.2) is 23.6 Å². The number of carbonyl (C=O) groups is 1. The second-order valence-corrected chi connectivity index (χ2v) is 5.72. The van der Waals surface area contributed by atoms with Crippen LogP contribution in [0.3, 0.4) is 0 Å². The van der Waals surface area contributed by atoms with Crippen molar-refractivity contribution in [2.75, 3.05) is 34.4 Å². The van der Waals surface area contributed by atoms with Crippen molar-refractivity contribution in [3.63, 3.8) is 0 Å². The van der Waals surface area contributed by atoms with Crippen molar-refractivity contribution in [2.45, 2.75) is 0 Å². The van der Waals surface area contributed by atoms with Gasteiger partial charge in [0.1, 0.15) is 11.6 Å². The Hall–Kier alpha value is -2.12. The Labute approximate surface area is 132 Å². The van der Waals surface area contributed by atoms with E-state index in [9.17, 15) is 4.79 Å². The van der Waals surface area contributed by atoms with Gasteiger partial charge in [-0.05, 0) is 32.3 Å². The minimum absolute atomic E-state index is 0.0471. The fourth-order valence-electron chi connectivity index (χ4n) is 1.77. The van der Waals surface area contributed by atoms with E-state index in [1.807, 2.05) is 31.1 Å². The van der Waals surface area contributed by atoms with Gasteiger partial charge in [-0.3, -0.25) is 0 Å². The third-order valence-corrected chi connectivity index (χ3v) is 3.82. The largest absolute Gasteiger partial charge is 0.493 e. The third-order valence-electron chi connectivity index (χ3n) is 2.93. The van der Waals surface area contributed by atoms with Crippen LogP contribution in [0.2, 0.25) is 0 Å². The van der Waals surface area contributed by atoms with Crippen molar-refractivity contribution >= 4 is 17.3 Å². The topological polar surface area (TPSA) is 71.9 Å². The number of carboxylic acid groups (broad SMARTS) is 1. The molecule has 0 fully saturated rings. The van der Waals surface area contributed by atoms with Crippen molar-refractivity contribution in [3.8, 4) is 22.1 Å². The highest BCUT2D eigenvalue weighted by Gasteiger charge is 2.13. The number of aromatic nitrogens is 1. The van der Waals surface area contributed by atoms with Crippen molar-refractivity contribution in [1.29, 1.82) is 0 Å². The first-order valence-electron chi connectivity index (χ1n) is 6.66. The van der Waals surface area contributed by atoms with E-state index < -0.39 is 5.97 Å². The highest BCUT2D eigenvalue weighted by molar-refractivity contribution is 7.13. The number of benzene rings is 1. The fraction of sp³-hybridized carbons (Fsp3) is 0.333. The van der Waals surface area contributed by atoms with Gasteiger partial charge in [0.05, 0.1) is 7.11 Å². The summed E-state index contributed by atoms with van der Waals surface area (Å²) < 4.78 is 11.0. The molecule has 0 radical (unpaired) electrons. The van der Waals surface area contributed by atoms with Gasteiger partial charge in [0.15, 0.2) is 17.2 Å². The van der Waals surface area contributed by atoms with E-state index in [2.05, 4.69) is 4.98 Å². The molecule has 0 amide bonds. The molecule has 1 heterocycles. The maximum atomic E-state index is 10.9. The molecule has 22 heavy (non-hydrogen) atoms. The second-order valence-electron chi connectivity index (χ2n) is 4.86. The summed E-state index contributed by atoms with van der Waals surface area (Å²) in [5, 5.41) is 11.1. The first-order chi connectivity index (χ1) is 10.5. The third kappa shape index (κ3) is 3.96. The maximum absolute atomic E-state index is 10.9. The lowest BCUT2D eigenvalue weighted by atomic mass is 10.2. The van der Waals surface area contributed by atoms with E-state index in [0.717, 1.165) is 12.1 Å². The Bertz CT molecular complexity index is 655. The van der Waals surface area contributed by atoms with Crippen molar-refractivity contribution in [3.05, 3.63) is 29.3 Å². The molecule has 0 aliphatic heterocycles. The molecule has 1 N–H and O–H groups in total. The first-order valence-corrected chi connectivity index (χ1v) is 7.54.